The van der Waals surface area contributed by atoms with Gasteiger partial charge in [0, 0.05) is 12.0 Å². The summed E-state index contributed by atoms with van der Waals surface area (Å²) in [6.45, 7) is 7.20. The lowest BCUT2D eigenvalue weighted by molar-refractivity contribution is 0.0304. The van der Waals surface area contributed by atoms with Crippen molar-refractivity contribution in [3.8, 4) is 0 Å². The molecule has 0 radical (unpaired) electrons. The molecule has 1 heterocycles. The molecule has 2 amide bonds. The quantitative estimate of drug-likeness (QED) is 0.238. The summed E-state index contributed by atoms with van der Waals surface area (Å²) in [4.78, 5) is 40.8. The maximum absolute atomic E-state index is 13.6. The summed E-state index contributed by atoms with van der Waals surface area (Å²) < 4.78 is 22.1. The molecule has 1 saturated heterocycles. The number of nitrogens with one attached hydrogen (secondary N) is 1. The van der Waals surface area contributed by atoms with Crippen molar-refractivity contribution in [1.29, 1.82) is 0 Å². The summed E-state index contributed by atoms with van der Waals surface area (Å²) in [6.07, 6.45) is -2.04. The maximum Gasteiger partial charge on any atom is 0.508 e. The zero-order chi connectivity index (χ0) is 30.1. The molecule has 9 nitrogen and oxygen atoms in total. The van der Waals surface area contributed by atoms with E-state index in [1.165, 1.54) is 0 Å². The van der Waals surface area contributed by atoms with E-state index in [9.17, 15) is 14.4 Å². The van der Waals surface area contributed by atoms with Crippen molar-refractivity contribution in [1.82, 2.24) is 10.2 Å². The van der Waals surface area contributed by atoms with Crippen LogP contribution in [0.1, 0.15) is 50.4 Å². The van der Waals surface area contributed by atoms with Crippen molar-refractivity contribution in [2.45, 2.75) is 64.6 Å². The van der Waals surface area contributed by atoms with Gasteiger partial charge in [-0.05, 0) is 44.4 Å². The normalized spacial score (nSPS) is 20.0. The Morgan fingerprint density at radius 3 is 1.83 bits per heavy atom. The van der Waals surface area contributed by atoms with Gasteiger partial charge >= 0.3 is 18.3 Å². The molecule has 0 aliphatic carbocycles. The molecule has 1 aliphatic heterocycles. The Balaban J connectivity index is 1.57. The first-order chi connectivity index (χ1) is 20.1. The summed E-state index contributed by atoms with van der Waals surface area (Å²) in [5.41, 5.74) is 1.72. The molecule has 4 atom stereocenters. The van der Waals surface area contributed by atoms with Crippen molar-refractivity contribution in [2.24, 2.45) is 5.92 Å². The fourth-order valence-electron chi connectivity index (χ4n) is 5.05. The number of carbonyl (C=O) groups is 3. The fraction of sp³-hybridized carbons (Fsp3) is 0.364. The number of alkyl carbamates (subject to hydrolysis) is 1. The molecule has 1 N–H and O–H groups in total. The van der Waals surface area contributed by atoms with Gasteiger partial charge in [-0.3, -0.25) is 4.90 Å². The van der Waals surface area contributed by atoms with Crippen LogP contribution in [0.2, 0.25) is 0 Å². The second-order valence-corrected chi connectivity index (χ2v) is 11.2. The first-order valence-corrected chi connectivity index (χ1v) is 14.0. The van der Waals surface area contributed by atoms with Crippen molar-refractivity contribution in [3.63, 3.8) is 0 Å². The standard InChI is InChI=1S/C33H38N2O7/c1-23-27(22-41-32(38)40-21-25-16-10-6-11-17-25)28(34-30(36)42-33(2,3)4)29(26-18-12-7-13-19-26)35(23)31(37)39-20-24-14-8-5-9-15-24/h5-19,23,27-29H,20-22H2,1-4H3,(H,34,36). The lowest BCUT2D eigenvalue weighted by Gasteiger charge is -2.30. The molecular formula is C33H38N2O7. The van der Waals surface area contributed by atoms with Crippen molar-refractivity contribution < 1.29 is 33.3 Å². The van der Waals surface area contributed by atoms with Gasteiger partial charge in [0.25, 0.3) is 0 Å². The topological polar surface area (TPSA) is 103 Å². The number of benzene rings is 3. The molecule has 222 valence electrons. The molecule has 1 aliphatic rings. The zero-order valence-corrected chi connectivity index (χ0v) is 24.4. The van der Waals surface area contributed by atoms with Gasteiger partial charge in [-0.15, -0.1) is 0 Å². The zero-order valence-electron chi connectivity index (χ0n) is 24.4. The van der Waals surface area contributed by atoms with Gasteiger partial charge in [-0.25, -0.2) is 14.4 Å². The minimum atomic E-state index is -0.844. The number of hydrogen-bond acceptors (Lipinski definition) is 7. The average Bonchev–Trinajstić information content (AvgIpc) is 3.24. The Hall–Kier alpha value is -4.53. The highest BCUT2D eigenvalue weighted by Gasteiger charge is 2.52. The van der Waals surface area contributed by atoms with Crippen molar-refractivity contribution in [2.75, 3.05) is 6.61 Å². The van der Waals surface area contributed by atoms with Crippen LogP contribution < -0.4 is 5.32 Å². The Morgan fingerprint density at radius 2 is 1.29 bits per heavy atom. The van der Waals surface area contributed by atoms with Gasteiger partial charge in [-0.2, -0.15) is 0 Å². The van der Waals surface area contributed by atoms with Crippen LogP contribution in [0.5, 0.6) is 0 Å². The second-order valence-electron chi connectivity index (χ2n) is 11.2. The minimum absolute atomic E-state index is 0.0596. The van der Waals surface area contributed by atoms with E-state index in [-0.39, 0.29) is 19.8 Å². The van der Waals surface area contributed by atoms with Crippen molar-refractivity contribution >= 4 is 18.3 Å². The number of nitrogens with zero attached hydrogens (tertiary/aromatic N) is 1. The lowest BCUT2D eigenvalue weighted by Crippen LogP contribution is -2.46. The maximum atomic E-state index is 13.6. The molecule has 0 saturated carbocycles. The van der Waals surface area contributed by atoms with E-state index in [0.29, 0.717) is 0 Å². The Bertz CT molecular complexity index is 1310. The Morgan fingerprint density at radius 1 is 0.762 bits per heavy atom. The molecule has 0 bridgehead atoms. The Kier molecular flexibility index (Phi) is 10.1. The number of carbonyl (C=O) groups excluding carboxylic acids is 3. The summed E-state index contributed by atoms with van der Waals surface area (Å²) in [5.74, 6) is -0.503. The van der Waals surface area contributed by atoms with Gasteiger partial charge in [0.1, 0.15) is 25.4 Å². The predicted octanol–water partition coefficient (Wildman–Crippen LogP) is 6.63. The minimum Gasteiger partial charge on any atom is -0.445 e. The third kappa shape index (κ3) is 8.25. The number of hydrogen-bond donors (Lipinski definition) is 1. The van der Waals surface area contributed by atoms with E-state index in [2.05, 4.69) is 5.32 Å². The van der Waals surface area contributed by atoms with Crippen LogP contribution in [0.25, 0.3) is 0 Å². The highest BCUT2D eigenvalue weighted by atomic mass is 16.7. The molecule has 42 heavy (non-hydrogen) atoms. The largest absolute Gasteiger partial charge is 0.508 e. The monoisotopic (exact) mass is 574 g/mol. The first kappa shape index (κ1) is 30.4. The van der Waals surface area contributed by atoms with Gasteiger partial charge in [-0.1, -0.05) is 91.0 Å². The average molecular weight is 575 g/mol. The Labute approximate surface area is 246 Å². The van der Waals surface area contributed by atoms with Gasteiger partial charge in [0.05, 0.1) is 12.1 Å². The smallest absolute Gasteiger partial charge is 0.445 e. The van der Waals surface area contributed by atoms with Gasteiger partial charge in [0.15, 0.2) is 0 Å². The van der Waals surface area contributed by atoms with Crippen LogP contribution in [0, 0.1) is 5.92 Å². The molecule has 3 aromatic rings. The third-order valence-corrected chi connectivity index (χ3v) is 6.99. The summed E-state index contributed by atoms with van der Waals surface area (Å²) >= 11 is 0. The van der Waals surface area contributed by atoms with E-state index in [4.69, 9.17) is 18.9 Å². The molecule has 9 heteroatoms. The van der Waals surface area contributed by atoms with E-state index >= 15 is 0 Å². The van der Waals surface area contributed by atoms with E-state index in [1.807, 2.05) is 97.9 Å². The van der Waals surface area contributed by atoms with Crippen LogP contribution in [0.15, 0.2) is 91.0 Å². The molecule has 1 fully saturated rings. The highest BCUT2D eigenvalue weighted by Crippen LogP contribution is 2.41. The molecule has 3 aromatic carbocycles. The van der Waals surface area contributed by atoms with Crippen LogP contribution in [0.3, 0.4) is 0 Å². The molecular weight excluding hydrogens is 536 g/mol. The van der Waals surface area contributed by atoms with E-state index in [1.54, 1.807) is 25.7 Å². The third-order valence-electron chi connectivity index (χ3n) is 6.99. The number of likely N-dealkylation sites (tertiary alicyclic amines) is 1. The molecule has 0 aromatic heterocycles. The SMILES string of the molecule is CC1C(COC(=O)OCc2ccccc2)C(NC(=O)OC(C)(C)C)C(c2ccccc2)N1C(=O)OCc1ccccc1. The molecule has 4 unspecified atom stereocenters. The number of ether oxygens (including phenoxy) is 4. The predicted molar refractivity (Wildman–Crippen MR) is 156 cm³/mol. The number of rotatable bonds is 8. The van der Waals surface area contributed by atoms with Gasteiger partial charge in [0.2, 0.25) is 0 Å². The molecule has 0 spiro atoms. The lowest BCUT2D eigenvalue weighted by atomic mass is 9.92. The fourth-order valence-corrected chi connectivity index (χ4v) is 5.05. The van der Waals surface area contributed by atoms with Crippen molar-refractivity contribution in [3.05, 3.63) is 108 Å². The van der Waals surface area contributed by atoms with Crippen LogP contribution in [-0.4, -0.2) is 47.5 Å². The summed E-state index contributed by atoms with van der Waals surface area (Å²) in [7, 11) is 0. The van der Waals surface area contributed by atoms with Crippen LogP contribution >= 0.6 is 0 Å². The highest BCUT2D eigenvalue weighted by molar-refractivity contribution is 5.72. The van der Waals surface area contributed by atoms with Crippen LogP contribution in [-0.2, 0) is 32.2 Å². The summed E-state index contributed by atoms with van der Waals surface area (Å²) in [5, 5.41) is 2.96. The van der Waals surface area contributed by atoms with E-state index < -0.39 is 48.0 Å². The van der Waals surface area contributed by atoms with Crippen LogP contribution in [0.4, 0.5) is 14.4 Å². The molecule has 4 rings (SSSR count). The second kappa shape index (κ2) is 13.9. The van der Waals surface area contributed by atoms with E-state index in [0.717, 1.165) is 16.7 Å². The summed E-state index contributed by atoms with van der Waals surface area (Å²) in [6, 6.07) is 26.3. The number of amides is 2. The first-order valence-electron chi connectivity index (χ1n) is 14.0. The van der Waals surface area contributed by atoms with Gasteiger partial charge < -0.3 is 24.3 Å².